The van der Waals surface area contributed by atoms with E-state index in [1.54, 1.807) is 12.1 Å². The van der Waals surface area contributed by atoms with Gasteiger partial charge < -0.3 is 20.2 Å². The number of guanidine groups is 1. The average Bonchev–Trinajstić information content (AvgIpc) is 3.14. The van der Waals surface area contributed by atoms with E-state index >= 15 is 0 Å². The lowest BCUT2D eigenvalue weighted by atomic mass is 10.1. The molecule has 2 aliphatic rings. The summed E-state index contributed by atoms with van der Waals surface area (Å²) in [5.74, 6) is 1.64. The van der Waals surface area contributed by atoms with Crippen molar-refractivity contribution in [3.63, 3.8) is 0 Å². The van der Waals surface area contributed by atoms with Crippen molar-refractivity contribution < 1.29 is 5.11 Å². The molecule has 6 heteroatoms. The summed E-state index contributed by atoms with van der Waals surface area (Å²) >= 11 is 5.93. The van der Waals surface area contributed by atoms with Gasteiger partial charge >= 0.3 is 0 Å². The van der Waals surface area contributed by atoms with Crippen molar-refractivity contribution in [1.29, 1.82) is 0 Å². The van der Waals surface area contributed by atoms with E-state index in [4.69, 9.17) is 16.6 Å². The third kappa shape index (κ3) is 6.09. The fraction of sp³-hybridized carbons (Fsp3) is 0.667. The Morgan fingerprint density at radius 3 is 2.67 bits per heavy atom. The predicted octanol–water partition coefficient (Wildman–Crippen LogP) is 3.15. The molecule has 0 bridgehead atoms. The van der Waals surface area contributed by atoms with Crippen LogP contribution in [-0.2, 0) is 0 Å². The zero-order chi connectivity index (χ0) is 19.1. The van der Waals surface area contributed by atoms with Crippen LogP contribution in [-0.4, -0.2) is 66.7 Å². The van der Waals surface area contributed by atoms with Crippen LogP contribution in [0.15, 0.2) is 29.3 Å². The first kappa shape index (κ1) is 20.4. The van der Waals surface area contributed by atoms with E-state index in [0.717, 1.165) is 31.2 Å². The van der Waals surface area contributed by atoms with Crippen molar-refractivity contribution >= 4 is 17.6 Å². The maximum atomic E-state index is 10.4. The number of aliphatic imine (C=N–C) groups is 1. The maximum absolute atomic E-state index is 10.4. The highest BCUT2D eigenvalue weighted by Gasteiger charge is 2.27. The Morgan fingerprint density at radius 2 is 1.96 bits per heavy atom. The summed E-state index contributed by atoms with van der Waals surface area (Å²) in [5, 5.41) is 14.5. The molecule has 0 spiro atoms. The quantitative estimate of drug-likeness (QED) is 0.576. The second kappa shape index (κ2) is 10.3. The number of rotatable bonds is 6. The van der Waals surface area contributed by atoms with Crippen LogP contribution < -0.4 is 5.32 Å². The zero-order valence-corrected chi connectivity index (χ0v) is 17.2. The Bertz CT molecular complexity index is 601. The molecular formula is C21H33ClN4O. The van der Waals surface area contributed by atoms with Crippen molar-refractivity contribution in [3.05, 3.63) is 34.9 Å². The van der Waals surface area contributed by atoms with Gasteiger partial charge in [-0.05, 0) is 62.9 Å². The maximum Gasteiger partial charge on any atom is 0.194 e. The fourth-order valence-corrected chi connectivity index (χ4v) is 4.20. The van der Waals surface area contributed by atoms with Crippen molar-refractivity contribution in [2.45, 2.75) is 38.7 Å². The van der Waals surface area contributed by atoms with Gasteiger partial charge in [-0.25, -0.2) is 0 Å². The number of aliphatic hydroxyl groups is 1. The summed E-state index contributed by atoms with van der Waals surface area (Å²) in [5.41, 5.74) is 0.850. The molecule has 0 radical (unpaired) electrons. The molecule has 150 valence electrons. The van der Waals surface area contributed by atoms with Crippen molar-refractivity contribution in [1.82, 2.24) is 15.1 Å². The van der Waals surface area contributed by atoms with E-state index in [1.807, 2.05) is 12.1 Å². The summed E-state index contributed by atoms with van der Waals surface area (Å²) in [4.78, 5) is 9.70. The molecule has 0 aliphatic carbocycles. The minimum Gasteiger partial charge on any atom is -0.386 e. The van der Waals surface area contributed by atoms with E-state index in [2.05, 4.69) is 22.0 Å². The molecule has 2 aliphatic heterocycles. The summed E-state index contributed by atoms with van der Waals surface area (Å²) in [6.45, 7) is 9.12. The molecule has 2 saturated heterocycles. The second-order valence-electron chi connectivity index (χ2n) is 7.72. The van der Waals surface area contributed by atoms with Crippen LogP contribution in [0, 0.1) is 5.92 Å². The van der Waals surface area contributed by atoms with Gasteiger partial charge in [0, 0.05) is 31.2 Å². The lowest BCUT2D eigenvalue weighted by Crippen LogP contribution is -2.41. The molecule has 1 aromatic rings. The second-order valence-corrected chi connectivity index (χ2v) is 8.16. The highest BCUT2D eigenvalue weighted by molar-refractivity contribution is 6.30. The molecule has 0 amide bonds. The smallest absolute Gasteiger partial charge is 0.194 e. The van der Waals surface area contributed by atoms with Gasteiger partial charge in [-0.1, -0.05) is 30.2 Å². The lowest BCUT2D eigenvalue weighted by molar-refractivity contribution is 0.186. The number of halogens is 1. The van der Waals surface area contributed by atoms with Gasteiger partial charge in [-0.2, -0.15) is 0 Å². The van der Waals surface area contributed by atoms with Crippen LogP contribution in [0.5, 0.6) is 0 Å². The Labute approximate surface area is 168 Å². The number of hydrogen-bond donors (Lipinski definition) is 2. The van der Waals surface area contributed by atoms with Crippen LogP contribution >= 0.6 is 11.6 Å². The van der Waals surface area contributed by atoms with Crippen LogP contribution in [0.1, 0.15) is 44.3 Å². The molecule has 1 aromatic carbocycles. The molecule has 2 heterocycles. The standard InChI is InChI=1S/C21H33ClN4O/c1-2-23-21(24-14-20(27)18-6-8-19(22)9-7-18)26-13-10-17(16-26)15-25-11-4-3-5-12-25/h6-9,17,20,27H,2-5,10-16H2,1H3,(H,23,24). The SMILES string of the molecule is CCNC(=NCC(O)c1ccc(Cl)cc1)N1CCC(CN2CCCCC2)C1. The highest BCUT2D eigenvalue weighted by Crippen LogP contribution is 2.21. The first-order chi connectivity index (χ1) is 13.2. The van der Waals surface area contributed by atoms with Crippen LogP contribution in [0.2, 0.25) is 5.02 Å². The summed E-state index contributed by atoms with van der Waals surface area (Å²) in [7, 11) is 0. The monoisotopic (exact) mass is 392 g/mol. The van der Waals surface area contributed by atoms with Gasteiger partial charge in [0.1, 0.15) is 0 Å². The minimum atomic E-state index is -0.609. The van der Waals surface area contributed by atoms with E-state index < -0.39 is 6.10 Å². The van der Waals surface area contributed by atoms with Crippen molar-refractivity contribution in [2.75, 3.05) is 45.8 Å². The number of hydrogen-bond acceptors (Lipinski definition) is 3. The largest absolute Gasteiger partial charge is 0.386 e. The van der Waals surface area contributed by atoms with Gasteiger partial charge in [0.05, 0.1) is 12.6 Å². The molecule has 2 fully saturated rings. The Morgan fingerprint density at radius 1 is 1.22 bits per heavy atom. The van der Waals surface area contributed by atoms with E-state index in [0.29, 0.717) is 17.5 Å². The van der Waals surface area contributed by atoms with E-state index in [1.165, 1.54) is 45.3 Å². The zero-order valence-electron chi connectivity index (χ0n) is 16.4. The van der Waals surface area contributed by atoms with Gasteiger partial charge in [0.15, 0.2) is 5.96 Å². The third-order valence-electron chi connectivity index (χ3n) is 5.55. The molecular weight excluding hydrogens is 360 g/mol. The minimum absolute atomic E-state index is 0.358. The number of nitrogens with one attached hydrogen (secondary N) is 1. The van der Waals surface area contributed by atoms with Gasteiger partial charge in [-0.3, -0.25) is 4.99 Å². The molecule has 2 N–H and O–H groups in total. The Hall–Kier alpha value is -1.30. The molecule has 2 atom stereocenters. The molecule has 3 rings (SSSR count). The summed E-state index contributed by atoms with van der Waals surface area (Å²) < 4.78 is 0. The number of aliphatic hydroxyl groups excluding tert-OH is 1. The molecule has 2 unspecified atom stereocenters. The van der Waals surface area contributed by atoms with E-state index in [9.17, 15) is 5.11 Å². The topological polar surface area (TPSA) is 51.1 Å². The summed E-state index contributed by atoms with van der Waals surface area (Å²) in [6.07, 6.45) is 4.70. The fourth-order valence-electron chi connectivity index (χ4n) is 4.07. The number of likely N-dealkylation sites (tertiary alicyclic amines) is 2. The first-order valence-electron chi connectivity index (χ1n) is 10.3. The Balaban J connectivity index is 1.54. The number of nitrogens with zero attached hydrogens (tertiary/aromatic N) is 3. The van der Waals surface area contributed by atoms with Gasteiger partial charge in [0.2, 0.25) is 0 Å². The summed E-state index contributed by atoms with van der Waals surface area (Å²) in [6, 6.07) is 7.33. The molecule has 0 aromatic heterocycles. The van der Waals surface area contributed by atoms with Gasteiger partial charge in [-0.15, -0.1) is 0 Å². The van der Waals surface area contributed by atoms with Gasteiger partial charge in [0.25, 0.3) is 0 Å². The Kier molecular flexibility index (Phi) is 7.80. The highest BCUT2D eigenvalue weighted by atomic mass is 35.5. The predicted molar refractivity (Wildman–Crippen MR) is 112 cm³/mol. The van der Waals surface area contributed by atoms with Crippen molar-refractivity contribution in [3.8, 4) is 0 Å². The molecule has 5 nitrogen and oxygen atoms in total. The normalized spacial score (nSPS) is 22.9. The van der Waals surface area contributed by atoms with E-state index in [-0.39, 0.29) is 0 Å². The lowest BCUT2D eigenvalue weighted by Gasteiger charge is -2.29. The third-order valence-corrected chi connectivity index (χ3v) is 5.81. The molecule has 0 saturated carbocycles. The first-order valence-corrected chi connectivity index (χ1v) is 10.7. The average molecular weight is 393 g/mol. The molecule has 27 heavy (non-hydrogen) atoms. The van der Waals surface area contributed by atoms with Crippen LogP contribution in [0.3, 0.4) is 0 Å². The van der Waals surface area contributed by atoms with Crippen LogP contribution in [0.25, 0.3) is 0 Å². The number of benzene rings is 1. The van der Waals surface area contributed by atoms with Crippen LogP contribution in [0.4, 0.5) is 0 Å². The van der Waals surface area contributed by atoms with Crippen molar-refractivity contribution in [2.24, 2.45) is 10.9 Å². The number of piperidine rings is 1.